The van der Waals surface area contributed by atoms with Gasteiger partial charge in [0.1, 0.15) is 6.10 Å². The Morgan fingerprint density at radius 1 is 1.00 bits per heavy atom. The van der Waals surface area contributed by atoms with Crippen molar-refractivity contribution in [2.24, 2.45) is 11.5 Å². The van der Waals surface area contributed by atoms with Crippen molar-refractivity contribution in [2.45, 2.75) is 97.0 Å². The van der Waals surface area contributed by atoms with Crippen LogP contribution in [0.15, 0.2) is 24.3 Å². The highest BCUT2D eigenvalue weighted by atomic mass is 16.5. The standard InChI is InChI=1S/C17H26N2O2.C6H10O2.C2H5NO/c1-2-7-14-10-12-15(13-11-14)19-17(21)9-6-4-3-5-8-16(18)20;7-5-8-6-3-1-2-4-6;1-2(3)4/h10-13H,2-9H2,1H3,(H2,18,20)(H,19,21);5-6H,1-4H2;1H3,(H2,3,4). The van der Waals surface area contributed by atoms with Gasteiger partial charge in [0.25, 0.3) is 6.47 Å². The van der Waals surface area contributed by atoms with Crippen molar-refractivity contribution in [3.63, 3.8) is 0 Å². The quantitative estimate of drug-likeness (QED) is 0.317. The molecule has 1 aliphatic rings. The molecule has 0 atom stereocenters. The number of primary amides is 2. The predicted octanol–water partition coefficient (Wildman–Crippen LogP) is 4.00. The molecule has 0 aliphatic heterocycles. The maximum absolute atomic E-state index is 11.8. The van der Waals surface area contributed by atoms with Gasteiger partial charge >= 0.3 is 0 Å². The highest BCUT2D eigenvalue weighted by Gasteiger charge is 2.14. The molecule has 1 fully saturated rings. The van der Waals surface area contributed by atoms with Gasteiger partial charge in [-0.15, -0.1) is 0 Å². The topological polar surface area (TPSA) is 142 Å². The number of anilines is 1. The van der Waals surface area contributed by atoms with Crippen LogP contribution in [0.1, 0.15) is 90.0 Å². The summed E-state index contributed by atoms with van der Waals surface area (Å²) in [6.45, 7) is 4.01. The van der Waals surface area contributed by atoms with Crippen LogP contribution in [0.25, 0.3) is 0 Å². The lowest BCUT2D eigenvalue weighted by atomic mass is 10.1. The average Bonchev–Trinajstić information content (AvgIpc) is 3.26. The van der Waals surface area contributed by atoms with E-state index in [1.165, 1.54) is 25.3 Å². The molecule has 0 heterocycles. The number of carbonyl (C=O) groups excluding carboxylic acids is 4. The van der Waals surface area contributed by atoms with Gasteiger partial charge in [0, 0.05) is 25.5 Å². The smallest absolute Gasteiger partial charge is 0.293 e. The summed E-state index contributed by atoms with van der Waals surface area (Å²) in [5.74, 6) is -0.535. The Morgan fingerprint density at radius 2 is 1.55 bits per heavy atom. The van der Waals surface area contributed by atoms with E-state index in [9.17, 15) is 19.2 Å². The summed E-state index contributed by atoms with van der Waals surface area (Å²) in [6, 6.07) is 8.03. The largest absolute Gasteiger partial charge is 0.465 e. The first-order chi connectivity index (χ1) is 15.8. The Hall–Kier alpha value is -2.90. The van der Waals surface area contributed by atoms with Crippen LogP contribution in [-0.2, 0) is 30.3 Å². The maximum Gasteiger partial charge on any atom is 0.293 e. The molecular weight excluding hydrogens is 422 g/mol. The lowest BCUT2D eigenvalue weighted by Crippen LogP contribution is -2.11. The van der Waals surface area contributed by atoms with Crippen molar-refractivity contribution in [1.82, 2.24) is 0 Å². The molecule has 0 saturated heterocycles. The molecule has 8 nitrogen and oxygen atoms in total. The van der Waals surface area contributed by atoms with Crippen LogP contribution in [0.4, 0.5) is 5.69 Å². The Kier molecular flexibility index (Phi) is 18.0. The summed E-state index contributed by atoms with van der Waals surface area (Å²) in [4.78, 5) is 41.3. The molecule has 0 bridgehead atoms. The van der Waals surface area contributed by atoms with Crippen LogP contribution in [0, 0.1) is 0 Å². The van der Waals surface area contributed by atoms with Gasteiger partial charge in [-0.3, -0.25) is 19.2 Å². The van der Waals surface area contributed by atoms with E-state index in [0.717, 1.165) is 57.1 Å². The minimum Gasteiger partial charge on any atom is -0.465 e. The molecule has 0 radical (unpaired) electrons. The molecule has 2 rings (SSSR count). The summed E-state index contributed by atoms with van der Waals surface area (Å²) in [6.07, 6.45) is 11.5. The molecule has 186 valence electrons. The van der Waals surface area contributed by atoms with Gasteiger partial charge in [-0.05, 0) is 62.6 Å². The van der Waals surface area contributed by atoms with Crippen molar-refractivity contribution in [3.05, 3.63) is 29.8 Å². The fourth-order valence-corrected chi connectivity index (χ4v) is 3.31. The maximum atomic E-state index is 11.8. The second-order valence-corrected chi connectivity index (χ2v) is 8.13. The number of rotatable bonds is 12. The number of aryl methyl sites for hydroxylation is 1. The van der Waals surface area contributed by atoms with E-state index in [0.29, 0.717) is 19.3 Å². The van der Waals surface area contributed by atoms with Crippen molar-refractivity contribution < 1.29 is 23.9 Å². The van der Waals surface area contributed by atoms with E-state index in [4.69, 9.17) is 10.5 Å². The number of ether oxygens (including phenoxy) is 1. The first kappa shape index (κ1) is 30.1. The number of nitrogens with two attached hydrogens (primary N) is 2. The molecule has 1 aromatic carbocycles. The van der Waals surface area contributed by atoms with Crippen LogP contribution in [0.5, 0.6) is 0 Å². The zero-order chi connectivity index (χ0) is 24.9. The van der Waals surface area contributed by atoms with E-state index in [2.05, 4.69) is 30.1 Å². The van der Waals surface area contributed by atoms with Crippen molar-refractivity contribution in [3.8, 4) is 0 Å². The Bertz CT molecular complexity index is 682. The molecule has 5 N–H and O–H groups in total. The fraction of sp³-hybridized carbons (Fsp3) is 0.600. The van der Waals surface area contributed by atoms with Gasteiger partial charge in [-0.1, -0.05) is 38.3 Å². The van der Waals surface area contributed by atoms with Crippen LogP contribution in [0.3, 0.4) is 0 Å². The number of carbonyl (C=O) groups is 4. The Balaban J connectivity index is 0.000000696. The van der Waals surface area contributed by atoms with E-state index in [-0.39, 0.29) is 23.8 Å². The molecule has 1 aliphatic carbocycles. The predicted molar refractivity (Wildman–Crippen MR) is 130 cm³/mol. The third-order valence-corrected chi connectivity index (χ3v) is 4.90. The monoisotopic (exact) mass is 463 g/mol. The van der Waals surface area contributed by atoms with Crippen molar-refractivity contribution >= 4 is 29.9 Å². The van der Waals surface area contributed by atoms with Gasteiger partial charge in [-0.2, -0.15) is 0 Å². The van der Waals surface area contributed by atoms with Crippen LogP contribution >= 0.6 is 0 Å². The number of hydrogen-bond acceptors (Lipinski definition) is 5. The molecular formula is C25H41N3O5. The van der Waals surface area contributed by atoms with Crippen LogP contribution in [-0.4, -0.2) is 30.3 Å². The molecule has 33 heavy (non-hydrogen) atoms. The van der Waals surface area contributed by atoms with E-state index in [1.54, 1.807) is 0 Å². The summed E-state index contributed by atoms with van der Waals surface area (Å²) < 4.78 is 4.72. The molecule has 0 aromatic heterocycles. The molecule has 1 saturated carbocycles. The number of amides is 3. The highest BCUT2D eigenvalue weighted by Crippen LogP contribution is 2.19. The summed E-state index contributed by atoms with van der Waals surface area (Å²) in [5, 5.41) is 2.91. The van der Waals surface area contributed by atoms with Gasteiger partial charge < -0.3 is 21.5 Å². The molecule has 0 unspecified atom stereocenters. The minimum atomic E-state index is -0.333. The number of benzene rings is 1. The third kappa shape index (κ3) is 19.5. The molecule has 0 spiro atoms. The zero-order valence-electron chi connectivity index (χ0n) is 20.1. The number of unbranched alkanes of at least 4 members (excludes halogenated alkanes) is 3. The normalized spacial score (nSPS) is 12.4. The van der Waals surface area contributed by atoms with Crippen LogP contribution in [0.2, 0.25) is 0 Å². The molecule has 1 aromatic rings. The van der Waals surface area contributed by atoms with Gasteiger partial charge in [0.2, 0.25) is 17.7 Å². The number of hydrogen-bond donors (Lipinski definition) is 3. The fourth-order valence-electron chi connectivity index (χ4n) is 3.31. The van der Waals surface area contributed by atoms with Gasteiger partial charge in [0.15, 0.2) is 0 Å². The molecule has 3 amide bonds. The van der Waals surface area contributed by atoms with E-state index < -0.39 is 0 Å². The van der Waals surface area contributed by atoms with E-state index >= 15 is 0 Å². The van der Waals surface area contributed by atoms with E-state index in [1.807, 2.05) is 12.1 Å². The average molecular weight is 464 g/mol. The first-order valence-electron chi connectivity index (χ1n) is 11.8. The number of nitrogens with one attached hydrogen (secondary N) is 1. The van der Waals surface area contributed by atoms with Crippen molar-refractivity contribution in [1.29, 1.82) is 0 Å². The zero-order valence-corrected chi connectivity index (χ0v) is 20.1. The second-order valence-electron chi connectivity index (χ2n) is 8.13. The van der Waals surface area contributed by atoms with Gasteiger partial charge in [0.05, 0.1) is 0 Å². The van der Waals surface area contributed by atoms with Crippen molar-refractivity contribution in [2.75, 3.05) is 5.32 Å². The molecule has 8 heteroatoms. The summed E-state index contributed by atoms with van der Waals surface area (Å²) in [7, 11) is 0. The SMILES string of the molecule is CC(N)=O.CCCc1ccc(NC(=O)CCCCCCC(N)=O)cc1.O=COC1CCCC1. The van der Waals surface area contributed by atoms with Gasteiger partial charge in [-0.25, -0.2) is 0 Å². The third-order valence-electron chi connectivity index (χ3n) is 4.90. The highest BCUT2D eigenvalue weighted by molar-refractivity contribution is 5.90. The van der Waals surface area contributed by atoms with Crippen LogP contribution < -0.4 is 16.8 Å². The summed E-state index contributed by atoms with van der Waals surface area (Å²) >= 11 is 0. The lowest BCUT2D eigenvalue weighted by molar-refractivity contribution is -0.133. The Labute approximate surface area is 197 Å². The summed E-state index contributed by atoms with van der Waals surface area (Å²) in [5.41, 5.74) is 11.7. The lowest BCUT2D eigenvalue weighted by Gasteiger charge is -2.06. The Morgan fingerprint density at radius 3 is 2.03 bits per heavy atom. The minimum absolute atomic E-state index is 0.0492. The second kappa shape index (κ2) is 19.8. The first-order valence-corrected chi connectivity index (χ1v) is 11.8.